The Hall–Kier alpha value is -1.89. The van der Waals surface area contributed by atoms with Crippen LogP contribution in [0.2, 0.25) is 0 Å². The van der Waals surface area contributed by atoms with Gasteiger partial charge in [0.25, 0.3) is 5.91 Å². The number of rotatable bonds is 7. The minimum absolute atomic E-state index is 0.277. The van der Waals surface area contributed by atoms with Crippen molar-refractivity contribution in [2.45, 2.75) is 65.9 Å². The van der Waals surface area contributed by atoms with Gasteiger partial charge in [0, 0.05) is 11.8 Å². The van der Waals surface area contributed by atoms with Gasteiger partial charge in [0.1, 0.15) is 5.00 Å². The van der Waals surface area contributed by atoms with Crippen molar-refractivity contribution < 1.29 is 23.9 Å². The molecule has 2 atom stereocenters. The minimum Gasteiger partial charge on any atom is -0.462 e. The number of ether oxygens (including phenoxy) is 2. The normalized spacial score (nSPS) is 17.2. The Balaban J connectivity index is 2.28. The molecule has 0 saturated heterocycles. The van der Waals surface area contributed by atoms with Crippen LogP contribution >= 0.6 is 11.3 Å². The van der Waals surface area contributed by atoms with E-state index < -0.39 is 23.9 Å². The van der Waals surface area contributed by atoms with Crippen LogP contribution in [-0.2, 0) is 31.9 Å². The second-order valence-corrected chi connectivity index (χ2v) is 7.67. The van der Waals surface area contributed by atoms with Crippen LogP contribution in [0.15, 0.2) is 0 Å². The van der Waals surface area contributed by atoms with E-state index in [2.05, 4.69) is 12.2 Å². The highest BCUT2D eigenvalue weighted by atomic mass is 32.1. The van der Waals surface area contributed by atoms with Crippen LogP contribution in [0.25, 0.3) is 0 Å². The fraction of sp³-hybridized carbons (Fsp3) is 0.632. The lowest BCUT2D eigenvalue weighted by Crippen LogP contribution is -2.29. The average molecular weight is 381 g/mol. The first kappa shape index (κ1) is 20.4. The zero-order valence-corrected chi connectivity index (χ0v) is 16.7. The van der Waals surface area contributed by atoms with Gasteiger partial charge in [-0.05, 0) is 44.6 Å². The monoisotopic (exact) mass is 381 g/mol. The number of esters is 2. The van der Waals surface area contributed by atoms with Crippen LogP contribution in [0, 0.1) is 5.92 Å². The fourth-order valence-electron chi connectivity index (χ4n) is 3.33. The number of carbonyl (C=O) groups excluding carboxylic acids is 3. The predicted octanol–water partition coefficient (Wildman–Crippen LogP) is 3.72. The molecular weight excluding hydrogens is 354 g/mol. The van der Waals surface area contributed by atoms with Crippen molar-refractivity contribution in [3.05, 3.63) is 16.0 Å². The lowest BCUT2D eigenvalue weighted by molar-refractivity contribution is -0.150. The molecule has 0 radical (unpaired) electrons. The van der Waals surface area contributed by atoms with Gasteiger partial charge in [0.05, 0.1) is 12.2 Å². The summed E-state index contributed by atoms with van der Waals surface area (Å²) in [5.41, 5.74) is 1.46. The molecule has 26 heavy (non-hydrogen) atoms. The second-order valence-electron chi connectivity index (χ2n) is 6.57. The van der Waals surface area contributed by atoms with E-state index in [1.807, 2.05) is 0 Å². The maximum absolute atomic E-state index is 12.5. The number of hydrogen-bond acceptors (Lipinski definition) is 6. The van der Waals surface area contributed by atoms with Crippen molar-refractivity contribution in [2.24, 2.45) is 5.92 Å². The van der Waals surface area contributed by atoms with Crippen LogP contribution in [0.3, 0.4) is 0 Å². The van der Waals surface area contributed by atoms with Gasteiger partial charge in [-0.1, -0.05) is 19.8 Å². The predicted molar refractivity (Wildman–Crippen MR) is 101 cm³/mol. The zero-order valence-electron chi connectivity index (χ0n) is 15.8. The third-order valence-corrected chi connectivity index (χ3v) is 5.66. The highest BCUT2D eigenvalue weighted by Crippen LogP contribution is 2.41. The molecule has 1 aromatic rings. The fourth-order valence-corrected chi connectivity index (χ4v) is 4.69. The lowest BCUT2D eigenvalue weighted by atomic mass is 9.84. The van der Waals surface area contributed by atoms with Gasteiger partial charge in [-0.3, -0.25) is 9.59 Å². The Labute approximate surface area is 158 Å². The lowest BCUT2D eigenvalue weighted by Gasteiger charge is -2.21. The number of thiophene rings is 1. The Kier molecular flexibility index (Phi) is 7.20. The standard InChI is InChI=1S/C19H27NO5S/c1-5-7-13-8-9-14-15(10-13)26-18(16(14)19(23)24-6-2)20-17(22)11(3)25-12(4)21/h11,13H,5-10H2,1-4H3,(H,20,22)/t11-,13?/m0/s1. The quantitative estimate of drug-likeness (QED) is 0.728. The molecule has 1 aliphatic carbocycles. The van der Waals surface area contributed by atoms with E-state index in [9.17, 15) is 14.4 Å². The summed E-state index contributed by atoms with van der Waals surface area (Å²) in [7, 11) is 0. The highest BCUT2D eigenvalue weighted by molar-refractivity contribution is 7.17. The van der Waals surface area contributed by atoms with E-state index in [0.29, 0.717) is 16.5 Å². The summed E-state index contributed by atoms with van der Waals surface area (Å²) in [6.07, 6.45) is 4.17. The zero-order chi connectivity index (χ0) is 19.3. The summed E-state index contributed by atoms with van der Waals surface area (Å²) in [6.45, 7) is 6.97. The van der Waals surface area contributed by atoms with Gasteiger partial charge in [0.15, 0.2) is 6.10 Å². The van der Waals surface area contributed by atoms with Crippen LogP contribution in [0.1, 0.15) is 67.8 Å². The van der Waals surface area contributed by atoms with Crippen molar-refractivity contribution in [3.63, 3.8) is 0 Å². The molecular formula is C19H27NO5S. The number of anilines is 1. The van der Waals surface area contributed by atoms with Crippen LogP contribution in [0.4, 0.5) is 5.00 Å². The molecule has 0 fully saturated rings. The van der Waals surface area contributed by atoms with Crippen LogP contribution < -0.4 is 5.32 Å². The van der Waals surface area contributed by atoms with E-state index in [-0.39, 0.29) is 6.61 Å². The first-order chi connectivity index (χ1) is 12.4. The largest absolute Gasteiger partial charge is 0.462 e. The number of fused-ring (bicyclic) bond motifs is 1. The smallest absolute Gasteiger partial charge is 0.341 e. The van der Waals surface area contributed by atoms with Crippen molar-refractivity contribution in [3.8, 4) is 0 Å². The number of amides is 1. The van der Waals surface area contributed by atoms with E-state index in [1.54, 1.807) is 6.92 Å². The van der Waals surface area contributed by atoms with Crippen molar-refractivity contribution in [2.75, 3.05) is 11.9 Å². The Morgan fingerprint density at radius 1 is 1.31 bits per heavy atom. The summed E-state index contributed by atoms with van der Waals surface area (Å²) in [6, 6.07) is 0. The molecule has 1 unspecified atom stereocenters. The first-order valence-electron chi connectivity index (χ1n) is 9.17. The number of nitrogens with one attached hydrogen (secondary N) is 1. The Morgan fingerprint density at radius 2 is 2.04 bits per heavy atom. The third kappa shape index (κ3) is 4.84. The van der Waals surface area contributed by atoms with Gasteiger partial charge in [0.2, 0.25) is 0 Å². The summed E-state index contributed by atoms with van der Waals surface area (Å²) in [5.74, 6) is -0.764. The van der Waals surface area contributed by atoms with E-state index >= 15 is 0 Å². The summed E-state index contributed by atoms with van der Waals surface area (Å²) >= 11 is 1.44. The molecule has 1 amide bonds. The molecule has 2 rings (SSSR count). The molecule has 144 valence electrons. The van der Waals surface area contributed by atoms with Gasteiger partial charge in [-0.2, -0.15) is 0 Å². The molecule has 0 bridgehead atoms. The van der Waals surface area contributed by atoms with E-state index in [0.717, 1.165) is 42.5 Å². The topological polar surface area (TPSA) is 81.7 Å². The molecule has 0 spiro atoms. The maximum atomic E-state index is 12.5. The summed E-state index contributed by atoms with van der Waals surface area (Å²) in [4.78, 5) is 37.0. The summed E-state index contributed by atoms with van der Waals surface area (Å²) in [5, 5.41) is 3.26. The SMILES string of the molecule is CCCC1CCc2c(sc(NC(=O)[C@H](C)OC(C)=O)c2C(=O)OCC)C1. The molecule has 6 nitrogen and oxygen atoms in total. The molecule has 0 aliphatic heterocycles. The highest BCUT2D eigenvalue weighted by Gasteiger charge is 2.30. The molecule has 1 aromatic heterocycles. The van der Waals surface area contributed by atoms with E-state index in [1.165, 1.54) is 25.2 Å². The van der Waals surface area contributed by atoms with E-state index in [4.69, 9.17) is 9.47 Å². The molecule has 7 heteroatoms. The molecule has 0 aromatic carbocycles. The molecule has 1 heterocycles. The van der Waals surface area contributed by atoms with Gasteiger partial charge >= 0.3 is 11.9 Å². The summed E-state index contributed by atoms with van der Waals surface area (Å²) < 4.78 is 10.1. The Bertz CT molecular complexity index is 682. The average Bonchev–Trinajstić information content (AvgIpc) is 2.91. The van der Waals surface area contributed by atoms with Gasteiger partial charge in [-0.25, -0.2) is 4.79 Å². The first-order valence-corrected chi connectivity index (χ1v) is 9.98. The van der Waals surface area contributed by atoms with Gasteiger partial charge in [-0.15, -0.1) is 11.3 Å². The third-order valence-electron chi connectivity index (χ3n) is 4.49. The molecule has 0 saturated carbocycles. The van der Waals surface area contributed by atoms with Crippen LogP contribution in [0.5, 0.6) is 0 Å². The maximum Gasteiger partial charge on any atom is 0.341 e. The minimum atomic E-state index is -0.922. The number of carbonyl (C=O) groups is 3. The Morgan fingerprint density at radius 3 is 2.65 bits per heavy atom. The van der Waals surface area contributed by atoms with Crippen molar-refractivity contribution in [1.82, 2.24) is 0 Å². The molecule has 1 aliphatic rings. The second kappa shape index (κ2) is 9.16. The van der Waals surface area contributed by atoms with Gasteiger partial charge < -0.3 is 14.8 Å². The van der Waals surface area contributed by atoms with Crippen molar-refractivity contribution in [1.29, 1.82) is 0 Å². The molecule has 1 N–H and O–H groups in total. The number of hydrogen-bond donors (Lipinski definition) is 1. The van der Waals surface area contributed by atoms with Crippen molar-refractivity contribution >= 4 is 34.2 Å². The van der Waals surface area contributed by atoms with Crippen LogP contribution in [-0.4, -0.2) is 30.6 Å².